The van der Waals surface area contributed by atoms with Crippen LogP contribution < -0.4 is 0 Å². The lowest BCUT2D eigenvalue weighted by atomic mass is 9.32. The summed E-state index contributed by atoms with van der Waals surface area (Å²) in [5, 5.41) is 9.47. The minimum atomic E-state index is -0.799. The second-order valence-corrected chi connectivity index (χ2v) is 17.7. The Kier molecular flexibility index (Phi) is 7.42. The van der Waals surface area contributed by atoms with Crippen molar-refractivity contribution >= 4 is 17.5 Å². The molecule has 5 aliphatic rings. The van der Waals surface area contributed by atoms with E-state index in [0.717, 1.165) is 19.3 Å². The molecule has 0 bridgehead atoms. The summed E-state index contributed by atoms with van der Waals surface area (Å²) >= 11 is 0. The van der Waals surface area contributed by atoms with Gasteiger partial charge in [0, 0.05) is 6.08 Å². The van der Waals surface area contributed by atoms with Crippen LogP contribution in [0.2, 0.25) is 0 Å². The number of hydrogen-bond acceptors (Lipinski definition) is 3. The van der Waals surface area contributed by atoms with Gasteiger partial charge in [-0.15, -0.1) is 0 Å². The second-order valence-electron chi connectivity index (χ2n) is 17.7. The molecule has 240 valence electrons. The fourth-order valence-electron chi connectivity index (χ4n) is 12.4. The quantitative estimate of drug-likeness (QED) is 0.276. The smallest absolute Gasteiger partial charge is 0.338 e. The van der Waals surface area contributed by atoms with Crippen LogP contribution in [0.25, 0.3) is 5.57 Å². The third-order valence-electron chi connectivity index (χ3n) is 14.4. The highest BCUT2D eigenvalue weighted by molar-refractivity contribution is 5.90. The van der Waals surface area contributed by atoms with Gasteiger partial charge >= 0.3 is 11.9 Å². The van der Waals surface area contributed by atoms with Gasteiger partial charge < -0.3 is 9.84 Å². The Morgan fingerprint density at radius 2 is 1.55 bits per heavy atom. The zero-order chi connectivity index (χ0) is 31.9. The molecule has 4 fully saturated rings. The standard InChI is InChI=1S/C40H56O4/c1-35(2,3)44-34(43)27-13-11-26(12-14-27)28-17-21-37(6)31(36(28,4)5)18-22-39(8)32(37)16-15-29-30-10-9-20-40(30,23-19-33(41)42)25-24-38(29,39)7/h11-14,17,19,23,29-32H,9-10,15-16,18,20-22,24-25H2,1-8H3,(H,41,42)/b23-19+/t29-,30-,31?,32-,37+,38-,39-,40+/m1/s1. The van der Waals surface area contributed by atoms with Crippen LogP contribution in [0.4, 0.5) is 0 Å². The molecule has 0 aliphatic heterocycles. The zero-order valence-electron chi connectivity index (χ0n) is 28.6. The molecule has 0 radical (unpaired) electrons. The summed E-state index contributed by atoms with van der Waals surface area (Å²) in [7, 11) is 0. The van der Waals surface area contributed by atoms with Gasteiger partial charge in [0.1, 0.15) is 5.60 Å². The Balaban J connectivity index is 1.28. The van der Waals surface area contributed by atoms with E-state index in [9.17, 15) is 14.7 Å². The molecular weight excluding hydrogens is 544 g/mol. The van der Waals surface area contributed by atoms with Gasteiger partial charge in [-0.3, -0.25) is 0 Å². The Hall–Kier alpha value is -2.36. The van der Waals surface area contributed by atoms with E-state index in [-0.39, 0.29) is 22.2 Å². The van der Waals surface area contributed by atoms with Crippen LogP contribution in [-0.4, -0.2) is 22.6 Å². The van der Waals surface area contributed by atoms with Gasteiger partial charge in [0.05, 0.1) is 5.56 Å². The molecule has 0 saturated heterocycles. The first-order valence-corrected chi connectivity index (χ1v) is 17.4. The number of allylic oxidation sites excluding steroid dienone is 3. The molecule has 4 nitrogen and oxygen atoms in total. The largest absolute Gasteiger partial charge is 0.478 e. The first-order chi connectivity index (χ1) is 20.5. The lowest BCUT2D eigenvalue weighted by molar-refractivity contribution is -0.218. The van der Waals surface area contributed by atoms with Crippen molar-refractivity contribution in [3.8, 4) is 0 Å². The molecule has 0 aromatic heterocycles. The van der Waals surface area contributed by atoms with Crippen molar-refractivity contribution in [2.24, 2.45) is 50.7 Å². The van der Waals surface area contributed by atoms with Crippen molar-refractivity contribution < 1.29 is 19.4 Å². The van der Waals surface area contributed by atoms with Crippen molar-refractivity contribution in [3.05, 3.63) is 53.6 Å². The molecule has 0 spiro atoms. The third kappa shape index (κ3) is 4.66. The lowest BCUT2D eigenvalue weighted by Gasteiger charge is -2.72. The van der Waals surface area contributed by atoms with Crippen molar-refractivity contribution in [2.45, 2.75) is 125 Å². The summed E-state index contributed by atoms with van der Waals surface area (Å²) in [4.78, 5) is 24.2. The predicted octanol–water partition coefficient (Wildman–Crippen LogP) is 10.1. The first-order valence-electron chi connectivity index (χ1n) is 17.4. The molecule has 4 heteroatoms. The lowest BCUT2D eigenvalue weighted by Crippen LogP contribution is -2.64. The number of hydrogen-bond donors (Lipinski definition) is 1. The zero-order valence-corrected chi connectivity index (χ0v) is 28.6. The molecule has 1 aromatic carbocycles. The molecule has 4 saturated carbocycles. The minimum absolute atomic E-state index is 0.0360. The van der Waals surface area contributed by atoms with Crippen LogP contribution >= 0.6 is 0 Å². The van der Waals surface area contributed by atoms with Crippen LogP contribution in [0.5, 0.6) is 0 Å². The molecular formula is C40H56O4. The number of fused-ring (bicyclic) bond motifs is 7. The SMILES string of the molecule is CC(C)(C)OC(=O)c1ccc(C2=CC[C@@]3(C)C(CC[C@]4(C)[C@@H]3CC[C@@H]3[C@H]5CCC[C@]5(/C=C/C(=O)O)CC[C@]34C)C2(C)C)cc1. The van der Waals surface area contributed by atoms with Crippen molar-refractivity contribution in [3.63, 3.8) is 0 Å². The predicted molar refractivity (Wildman–Crippen MR) is 177 cm³/mol. The van der Waals surface area contributed by atoms with Gasteiger partial charge in [0.25, 0.3) is 0 Å². The number of carbonyl (C=O) groups excluding carboxylic acids is 1. The van der Waals surface area contributed by atoms with Gasteiger partial charge in [-0.2, -0.15) is 0 Å². The number of aliphatic carboxylic acids is 1. The Bertz CT molecular complexity index is 1380. The molecule has 1 N–H and O–H groups in total. The summed E-state index contributed by atoms with van der Waals surface area (Å²) in [6.07, 6.45) is 18.4. The van der Waals surface area contributed by atoms with Crippen molar-refractivity contribution in [2.75, 3.05) is 0 Å². The van der Waals surface area contributed by atoms with E-state index < -0.39 is 11.6 Å². The van der Waals surface area contributed by atoms with Crippen LogP contribution in [-0.2, 0) is 9.53 Å². The van der Waals surface area contributed by atoms with Gasteiger partial charge in [0.15, 0.2) is 0 Å². The third-order valence-corrected chi connectivity index (χ3v) is 14.4. The maximum absolute atomic E-state index is 12.7. The van der Waals surface area contributed by atoms with Crippen LogP contribution in [0.3, 0.4) is 0 Å². The van der Waals surface area contributed by atoms with Gasteiger partial charge in [-0.05, 0) is 153 Å². The maximum atomic E-state index is 12.7. The molecule has 44 heavy (non-hydrogen) atoms. The van der Waals surface area contributed by atoms with Gasteiger partial charge in [-0.25, -0.2) is 9.59 Å². The number of carboxylic acid groups (broad SMARTS) is 1. The Morgan fingerprint density at radius 3 is 2.20 bits per heavy atom. The number of carboxylic acids is 1. The molecule has 8 atom stereocenters. The highest BCUT2D eigenvalue weighted by Gasteiger charge is 2.69. The van der Waals surface area contributed by atoms with E-state index in [2.05, 4.69) is 58.9 Å². The number of ether oxygens (including phenoxy) is 1. The van der Waals surface area contributed by atoms with Crippen LogP contribution in [0, 0.1) is 50.7 Å². The topological polar surface area (TPSA) is 63.6 Å². The highest BCUT2D eigenvalue weighted by Crippen LogP contribution is 2.77. The minimum Gasteiger partial charge on any atom is -0.478 e. The monoisotopic (exact) mass is 600 g/mol. The normalized spacial score (nSPS) is 41.1. The summed E-state index contributed by atoms with van der Waals surface area (Å²) in [5.41, 5.74) is 3.73. The van der Waals surface area contributed by atoms with Crippen molar-refractivity contribution in [1.29, 1.82) is 0 Å². The fraction of sp³-hybridized carbons (Fsp3) is 0.700. The number of esters is 1. The number of rotatable bonds is 4. The van der Waals surface area contributed by atoms with Gasteiger partial charge in [0.2, 0.25) is 0 Å². The van der Waals surface area contributed by atoms with E-state index >= 15 is 0 Å². The fourth-order valence-corrected chi connectivity index (χ4v) is 12.4. The maximum Gasteiger partial charge on any atom is 0.338 e. The van der Waals surface area contributed by atoms with Gasteiger partial charge in [-0.1, -0.05) is 65.3 Å². The molecule has 0 heterocycles. The number of benzene rings is 1. The van der Waals surface area contributed by atoms with E-state index in [1.54, 1.807) is 0 Å². The Labute approximate surface area is 266 Å². The van der Waals surface area contributed by atoms with E-state index in [1.807, 2.05) is 32.9 Å². The summed E-state index contributed by atoms with van der Waals surface area (Å²) in [5.74, 6) is 1.53. The highest BCUT2D eigenvalue weighted by atomic mass is 16.6. The van der Waals surface area contributed by atoms with E-state index in [4.69, 9.17) is 4.74 Å². The van der Waals surface area contributed by atoms with Crippen LogP contribution in [0.15, 0.2) is 42.5 Å². The summed E-state index contributed by atoms with van der Waals surface area (Å²) < 4.78 is 5.61. The average Bonchev–Trinajstić information content (AvgIpc) is 3.36. The summed E-state index contributed by atoms with van der Waals surface area (Å²) in [6, 6.07) is 8.13. The molecule has 1 unspecified atom stereocenters. The van der Waals surface area contributed by atoms with E-state index in [0.29, 0.717) is 40.1 Å². The molecule has 1 aromatic rings. The number of carbonyl (C=O) groups is 2. The first kappa shape index (κ1) is 31.6. The molecule has 6 rings (SSSR count). The summed E-state index contributed by atoms with van der Waals surface area (Å²) in [6.45, 7) is 18.6. The van der Waals surface area contributed by atoms with Crippen molar-refractivity contribution in [1.82, 2.24) is 0 Å². The molecule has 0 amide bonds. The molecule has 5 aliphatic carbocycles. The average molecular weight is 601 g/mol. The Morgan fingerprint density at radius 1 is 0.841 bits per heavy atom. The second kappa shape index (κ2) is 10.3. The van der Waals surface area contributed by atoms with E-state index in [1.165, 1.54) is 62.2 Å². The van der Waals surface area contributed by atoms with Crippen LogP contribution in [0.1, 0.15) is 136 Å².